The Morgan fingerprint density at radius 3 is 2.35 bits per heavy atom. The molecule has 0 spiro atoms. The Bertz CT molecular complexity index is 1830. The molecule has 2 atom stereocenters. The van der Waals surface area contributed by atoms with Gasteiger partial charge in [0, 0.05) is 28.9 Å². The van der Waals surface area contributed by atoms with Crippen LogP contribution >= 0.6 is 0 Å². The van der Waals surface area contributed by atoms with Crippen molar-refractivity contribution in [3.8, 4) is 5.75 Å². The first kappa shape index (κ1) is 33.5. The maximum absolute atomic E-state index is 13.4. The molecule has 0 radical (unpaired) electrons. The number of carbonyl (C=O) groups is 2. The van der Waals surface area contributed by atoms with Gasteiger partial charge in [-0.15, -0.1) is 10.2 Å². The molecule has 2 N–H and O–H groups in total. The van der Waals surface area contributed by atoms with Crippen molar-refractivity contribution in [2.24, 2.45) is 0 Å². The molecule has 0 bridgehead atoms. The summed E-state index contributed by atoms with van der Waals surface area (Å²) in [7, 11) is 4.13. The van der Waals surface area contributed by atoms with Gasteiger partial charge >= 0.3 is 6.03 Å². The molecule has 254 valence electrons. The van der Waals surface area contributed by atoms with Crippen LogP contribution in [0, 0.1) is 0 Å². The van der Waals surface area contributed by atoms with E-state index < -0.39 is 0 Å². The molecule has 2 aliphatic rings. The van der Waals surface area contributed by atoms with Crippen molar-refractivity contribution in [1.82, 2.24) is 34.8 Å². The van der Waals surface area contributed by atoms with Crippen LogP contribution in [-0.2, 0) is 10.8 Å². The van der Waals surface area contributed by atoms with E-state index in [2.05, 4.69) is 76.6 Å². The fourth-order valence-corrected chi connectivity index (χ4v) is 6.49. The minimum Gasteiger partial charge on any atom is -0.484 e. The van der Waals surface area contributed by atoms with Gasteiger partial charge in [0.25, 0.3) is 0 Å². The van der Waals surface area contributed by atoms with E-state index >= 15 is 0 Å². The van der Waals surface area contributed by atoms with Crippen LogP contribution in [0.15, 0.2) is 48.7 Å². The Balaban J connectivity index is 1.16. The summed E-state index contributed by atoms with van der Waals surface area (Å²) in [4.78, 5) is 38.1. The summed E-state index contributed by atoms with van der Waals surface area (Å²) >= 11 is 0. The van der Waals surface area contributed by atoms with Crippen molar-refractivity contribution in [3.63, 3.8) is 0 Å². The van der Waals surface area contributed by atoms with Gasteiger partial charge in [-0.25, -0.2) is 14.8 Å². The molecule has 1 fully saturated rings. The highest BCUT2D eigenvalue weighted by Crippen LogP contribution is 2.44. The standard InChI is InChI=1S/C37H48N8O3/c1-35(2,3)29-21-30(40-32(39-29)27(46)17-18-37(19-20-37)44(7)8)41-34(47)38-26-14-15-28(25-12-10-9-11-24(25)26)48-23-13-16-31-42-43-33(36(4,5)6)45(31)22-23/h9-13,16,21-22,26,28H,14-15,17-20H2,1-8H3,(H2,38,39,40,41,47)/t26-,28+/m0/s1. The zero-order valence-electron chi connectivity index (χ0n) is 29.4. The van der Waals surface area contributed by atoms with Gasteiger partial charge in [-0.05, 0) is 69.5 Å². The minimum atomic E-state index is -0.386. The number of hydrogen-bond acceptors (Lipinski definition) is 8. The van der Waals surface area contributed by atoms with Crippen LogP contribution in [0.2, 0.25) is 0 Å². The van der Waals surface area contributed by atoms with E-state index in [1.165, 1.54) is 0 Å². The van der Waals surface area contributed by atoms with Gasteiger partial charge in [0.05, 0.1) is 17.9 Å². The van der Waals surface area contributed by atoms with E-state index in [1.54, 1.807) is 6.07 Å². The molecule has 1 aromatic carbocycles. The smallest absolute Gasteiger partial charge is 0.320 e. The summed E-state index contributed by atoms with van der Waals surface area (Å²) in [5.41, 5.74) is 3.11. The number of nitrogens with zero attached hydrogens (tertiary/aromatic N) is 6. The maximum atomic E-state index is 13.4. The number of pyridine rings is 1. The second kappa shape index (κ2) is 12.6. The van der Waals surface area contributed by atoms with E-state index in [0.717, 1.165) is 47.6 Å². The van der Waals surface area contributed by atoms with Crippen LogP contribution in [0.25, 0.3) is 5.65 Å². The number of aromatic nitrogens is 5. The predicted octanol–water partition coefficient (Wildman–Crippen LogP) is 6.95. The number of anilines is 1. The normalized spacial score (nSPS) is 18.8. The molecule has 0 aliphatic heterocycles. The molecule has 0 saturated heterocycles. The molecular weight excluding hydrogens is 604 g/mol. The van der Waals surface area contributed by atoms with Gasteiger partial charge < -0.3 is 15.0 Å². The molecule has 0 unspecified atom stereocenters. The fraction of sp³-hybridized carbons (Fsp3) is 0.514. The molecule has 4 aromatic rings. The van der Waals surface area contributed by atoms with Crippen molar-refractivity contribution in [2.75, 3.05) is 19.4 Å². The first-order valence-electron chi connectivity index (χ1n) is 16.9. The van der Waals surface area contributed by atoms with E-state index in [4.69, 9.17) is 4.74 Å². The number of carbonyl (C=O) groups excluding carboxylic acids is 2. The fourth-order valence-electron chi connectivity index (χ4n) is 6.49. The second-order valence-corrected chi connectivity index (χ2v) is 15.6. The average Bonchev–Trinajstić information content (AvgIpc) is 3.70. The van der Waals surface area contributed by atoms with Crippen LogP contribution in [0.3, 0.4) is 0 Å². The highest BCUT2D eigenvalue weighted by molar-refractivity contribution is 5.94. The lowest BCUT2D eigenvalue weighted by Crippen LogP contribution is -2.36. The molecule has 1 saturated carbocycles. The number of fused-ring (bicyclic) bond motifs is 2. The Labute approximate surface area is 282 Å². The van der Waals surface area contributed by atoms with Gasteiger partial charge in [-0.3, -0.25) is 14.5 Å². The van der Waals surface area contributed by atoms with Crippen molar-refractivity contribution in [1.29, 1.82) is 0 Å². The number of amides is 2. The summed E-state index contributed by atoms with van der Waals surface area (Å²) < 4.78 is 8.55. The van der Waals surface area contributed by atoms with E-state index in [-0.39, 0.29) is 46.2 Å². The predicted molar refractivity (Wildman–Crippen MR) is 186 cm³/mol. The molecule has 2 amide bonds. The number of ketones is 1. The Morgan fingerprint density at radius 1 is 0.958 bits per heavy atom. The molecule has 11 nitrogen and oxygen atoms in total. The molecule has 11 heteroatoms. The lowest BCUT2D eigenvalue weighted by molar-refractivity contribution is 0.0953. The van der Waals surface area contributed by atoms with Crippen molar-refractivity contribution >= 4 is 23.3 Å². The highest BCUT2D eigenvalue weighted by Gasteiger charge is 2.44. The van der Waals surface area contributed by atoms with Crippen LogP contribution < -0.4 is 15.4 Å². The summed E-state index contributed by atoms with van der Waals surface area (Å²) in [5, 5.41) is 14.8. The van der Waals surface area contributed by atoms with Gasteiger partial charge in [0.1, 0.15) is 23.5 Å². The number of rotatable bonds is 9. The third kappa shape index (κ3) is 7.06. The van der Waals surface area contributed by atoms with Gasteiger partial charge in [-0.1, -0.05) is 65.8 Å². The highest BCUT2D eigenvalue weighted by atomic mass is 16.5. The van der Waals surface area contributed by atoms with E-state index in [0.29, 0.717) is 30.8 Å². The Hall–Kier alpha value is -4.38. The second-order valence-electron chi connectivity index (χ2n) is 15.6. The molecule has 3 aromatic heterocycles. The summed E-state index contributed by atoms with van der Waals surface area (Å²) in [6.45, 7) is 12.4. The number of hydrogen-bond donors (Lipinski definition) is 2. The first-order chi connectivity index (χ1) is 22.6. The molecule has 6 rings (SSSR count). The van der Waals surface area contributed by atoms with Crippen molar-refractivity contribution in [2.45, 2.75) is 109 Å². The largest absolute Gasteiger partial charge is 0.484 e. The molecule has 48 heavy (non-hydrogen) atoms. The van der Waals surface area contributed by atoms with E-state index in [9.17, 15) is 9.59 Å². The minimum absolute atomic E-state index is 0.0967. The van der Waals surface area contributed by atoms with Gasteiger partial charge in [0.15, 0.2) is 17.3 Å². The van der Waals surface area contributed by atoms with Crippen LogP contribution in [0.1, 0.15) is 125 Å². The quantitative estimate of drug-likeness (QED) is 0.186. The zero-order valence-corrected chi connectivity index (χ0v) is 29.4. The average molecular weight is 653 g/mol. The van der Waals surface area contributed by atoms with Crippen molar-refractivity contribution < 1.29 is 14.3 Å². The SMILES string of the molecule is CN(C)C1(CCC(=O)c2nc(NC(=O)N[C@H]3CC[C@@H](Oc4ccc5nnc(C(C)(C)C)n5c4)c4ccccc43)cc(C(C)(C)C)n2)CC1. The number of benzene rings is 1. The van der Waals surface area contributed by atoms with Crippen LogP contribution in [0.5, 0.6) is 5.75 Å². The van der Waals surface area contributed by atoms with Crippen LogP contribution in [-0.4, -0.2) is 60.9 Å². The van der Waals surface area contributed by atoms with Crippen molar-refractivity contribution in [3.05, 3.63) is 77.1 Å². The summed E-state index contributed by atoms with van der Waals surface area (Å²) in [5.74, 6) is 1.95. The maximum Gasteiger partial charge on any atom is 0.320 e. The third-order valence-corrected chi connectivity index (χ3v) is 9.64. The number of ether oxygens (including phenoxy) is 1. The van der Waals surface area contributed by atoms with E-state index in [1.807, 2.05) is 61.7 Å². The number of urea groups is 1. The molecule has 3 heterocycles. The summed E-state index contributed by atoms with van der Waals surface area (Å²) in [6.07, 6.45) is 6.49. The van der Waals surface area contributed by atoms with Gasteiger partial charge in [0.2, 0.25) is 0 Å². The lowest BCUT2D eigenvalue weighted by atomic mass is 9.85. The van der Waals surface area contributed by atoms with Gasteiger partial charge in [-0.2, -0.15) is 0 Å². The summed E-state index contributed by atoms with van der Waals surface area (Å²) in [6, 6.07) is 13.1. The Kier molecular flexibility index (Phi) is 8.78. The monoisotopic (exact) mass is 652 g/mol. The first-order valence-corrected chi connectivity index (χ1v) is 16.9. The number of nitrogens with one attached hydrogen (secondary N) is 2. The lowest BCUT2D eigenvalue weighted by Gasteiger charge is -2.32. The zero-order chi connectivity index (χ0) is 34.4. The Morgan fingerprint density at radius 2 is 1.69 bits per heavy atom. The van der Waals surface area contributed by atoms with Crippen LogP contribution in [0.4, 0.5) is 10.6 Å². The molecule has 2 aliphatic carbocycles. The molecular formula is C37H48N8O3. The number of Topliss-reactive ketones (excluding diaryl/α,β-unsaturated/α-hetero) is 1. The topological polar surface area (TPSA) is 127 Å². The third-order valence-electron chi connectivity index (χ3n) is 9.64.